The van der Waals surface area contributed by atoms with Gasteiger partial charge in [-0.2, -0.15) is 11.3 Å². The molecule has 0 saturated carbocycles. The lowest BCUT2D eigenvalue weighted by Gasteiger charge is -2.10. The number of benzene rings is 1. The number of nitrogens with one attached hydrogen (secondary N) is 1. The summed E-state index contributed by atoms with van der Waals surface area (Å²) in [6, 6.07) is 7.32. The number of aryl methyl sites for hydroxylation is 1. The molecule has 1 aliphatic rings. The van der Waals surface area contributed by atoms with Gasteiger partial charge in [0.05, 0.1) is 6.54 Å². The van der Waals surface area contributed by atoms with Gasteiger partial charge in [0.15, 0.2) is 0 Å². The number of nitrogens with zero attached hydrogens (tertiary/aromatic N) is 1. The Hall–Kier alpha value is -1.68. The standard InChI is InChI=1S/C15H15FN2S/c16-14-3-1-2-13(15-17-7-8-18-15)12(14)5-4-11-6-9-19-10-11/h1-3,6,9-10H,4-5,7-8H2,(H,17,18). The number of hydrogen-bond acceptors (Lipinski definition) is 3. The number of rotatable bonds is 4. The second-order valence-electron chi connectivity index (χ2n) is 4.55. The second kappa shape index (κ2) is 5.53. The van der Waals surface area contributed by atoms with Gasteiger partial charge in [-0.3, -0.25) is 4.99 Å². The molecular weight excluding hydrogens is 259 g/mol. The molecule has 0 fully saturated rings. The molecule has 2 heterocycles. The van der Waals surface area contributed by atoms with Crippen molar-refractivity contribution in [1.82, 2.24) is 5.32 Å². The van der Waals surface area contributed by atoms with Crippen molar-refractivity contribution in [2.75, 3.05) is 13.1 Å². The van der Waals surface area contributed by atoms with E-state index in [9.17, 15) is 4.39 Å². The topological polar surface area (TPSA) is 24.4 Å². The largest absolute Gasteiger partial charge is 0.368 e. The van der Waals surface area contributed by atoms with Crippen molar-refractivity contribution in [3.8, 4) is 0 Å². The molecule has 1 N–H and O–H groups in total. The van der Waals surface area contributed by atoms with Gasteiger partial charge in [0, 0.05) is 12.1 Å². The number of thiophene rings is 1. The molecule has 98 valence electrons. The molecule has 3 rings (SSSR count). The summed E-state index contributed by atoms with van der Waals surface area (Å²) in [5, 5.41) is 7.39. The molecule has 0 unspecified atom stereocenters. The molecule has 0 amide bonds. The first kappa shape index (κ1) is 12.4. The smallest absolute Gasteiger partial charge is 0.128 e. The fourth-order valence-electron chi connectivity index (χ4n) is 2.32. The van der Waals surface area contributed by atoms with Gasteiger partial charge in [-0.15, -0.1) is 0 Å². The molecule has 0 aliphatic carbocycles. The zero-order valence-corrected chi connectivity index (χ0v) is 11.3. The minimum absolute atomic E-state index is 0.135. The molecule has 2 aromatic rings. The zero-order chi connectivity index (χ0) is 13.1. The van der Waals surface area contributed by atoms with Crippen LogP contribution in [0.1, 0.15) is 16.7 Å². The minimum Gasteiger partial charge on any atom is -0.368 e. The lowest BCUT2D eigenvalue weighted by molar-refractivity contribution is 0.608. The SMILES string of the molecule is Fc1cccc(C2=NCCN2)c1CCc1ccsc1. The summed E-state index contributed by atoms with van der Waals surface area (Å²) in [5.74, 6) is 0.698. The maximum atomic E-state index is 14.1. The van der Waals surface area contributed by atoms with E-state index in [1.807, 2.05) is 6.07 Å². The normalized spacial score (nSPS) is 14.3. The van der Waals surface area contributed by atoms with E-state index in [4.69, 9.17) is 0 Å². The van der Waals surface area contributed by atoms with E-state index >= 15 is 0 Å². The molecule has 0 radical (unpaired) electrons. The van der Waals surface area contributed by atoms with Crippen molar-refractivity contribution < 1.29 is 4.39 Å². The van der Waals surface area contributed by atoms with Crippen LogP contribution in [0.3, 0.4) is 0 Å². The van der Waals surface area contributed by atoms with Crippen molar-refractivity contribution in [2.45, 2.75) is 12.8 Å². The van der Waals surface area contributed by atoms with Crippen molar-refractivity contribution in [3.63, 3.8) is 0 Å². The maximum absolute atomic E-state index is 14.1. The van der Waals surface area contributed by atoms with E-state index < -0.39 is 0 Å². The Balaban J connectivity index is 1.86. The highest BCUT2D eigenvalue weighted by Crippen LogP contribution is 2.18. The van der Waals surface area contributed by atoms with Crippen molar-refractivity contribution >= 4 is 17.2 Å². The van der Waals surface area contributed by atoms with Crippen LogP contribution in [0.5, 0.6) is 0 Å². The molecule has 1 aromatic carbocycles. The van der Waals surface area contributed by atoms with E-state index in [0.717, 1.165) is 36.5 Å². The second-order valence-corrected chi connectivity index (χ2v) is 5.33. The van der Waals surface area contributed by atoms with Crippen LogP contribution in [-0.2, 0) is 12.8 Å². The Morgan fingerprint density at radius 3 is 2.95 bits per heavy atom. The van der Waals surface area contributed by atoms with Gasteiger partial charge in [-0.1, -0.05) is 12.1 Å². The van der Waals surface area contributed by atoms with Gasteiger partial charge in [0.2, 0.25) is 0 Å². The molecule has 0 spiro atoms. The summed E-state index contributed by atoms with van der Waals surface area (Å²) in [4.78, 5) is 4.39. The van der Waals surface area contributed by atoms with E-state index in [-0.39, 0.29) is 5.82 Å². The first-order valence-corrected chi connectivity index (χ1v) is 7.36. The van der Waals surface area contributed by atoms with Crippen molar-refractivity contribution in [2.24, 2.45) is 4.99 Å². The molecular formula is C15H15FN2S. The first-order valence-electron chi connectivity index (χ1n) is 6.42. The third kappa shape index (κ3) is 2.68. The van der Waals surface area contributed by atoms with Gasteiger partial charge < -0.3 is 5.32 Å². The van der Waals surface area contributed by atoms with Gasteiger partial charge in [0.25, 0.3) is 0 Å². The average Bonchev–Trinajstić information content (AvgIpc) is 3.10. The Morgan fingerprint density at radius 1 is 1.26 bits per heavy atom. The summed E-state index contributed by atoms with van der Waals surface area (Å²) in [6.07, 6.45) is 1.57. The van der Waals surface area contributed by atoms with E-state index in [1.165, 1.54) is 11.6 Å². The summed E-state index contributed by atoms with van der Waals surface area (Å²) in [6.45, 7) is 1.62. The Kier molecular flexibility index (Phi) is 3.60. The van der Waals surface area contributed by atoms with Crippen LogP contribution in [0, 0.1) is 5.82 Å². The van der Waals surface area contributed by atoms with Gasteiger partial charge in [-0.05, 0) is 46.9 Å². The van der Waals surface area contributed by atoms with Crippen molar-refractivity contribution in [3.05, 3.63) is 57.5 Å². The number of aliphatic imine (C=N–C) groups is 1. The summed E-state index contributed by atoms with van der Waals surface area (Å²) >= 11 is 1.68. The average molecular weight is 274 g/mol. The van der Waals surface area contributed by atoms with Gasteiger partial charge in [0.1, 0.15) is 11.7 Å². The quantitative estimate of drug-likeness (QED) is 0.910. The van der Waals surface area contributed by atoms with Gasteiger partial charge >= 0.3 is 0 Å². The fraction of sp³-hybridized carbons (Fsp3) is 0.267. The summed E-state index contributed by atoms with van der Waals surface area (Å²) in [7, 11) is 0. The molecule has 2 nitrogen and oxygen atoms in total. The van der Waals surface area contributed by atoms with Crippen LogP contribution in [0.2, 0.25) is 0 Å². The zero-order valence-electron chi connectivity index (χ0n) is 10.5. The molecule has 0 bridgehead atoms. The molecule has 0 atom stereocenters. The van der Waals surface area contributed by atoms with Crippen LogP contribution < -0.4 is 5.32 Å². The summed E-state index contributed by atoms with van der Waals surface area (Å²) < 4.78 is 14.1. The molecule has 1 aromatic heterocycles. The van der Waals surface area contributed by atoms with Crippen molar-refractivity contribution in [1.29, 1.82) is 0 Å². The highest BCUT2D eigenvalue weighted by Gasteiger charge is 2.15. The lowest BCUT2D eigenvalue weighted by Crippen LogP contribution is -2.21. The number of hydrogen-bond donors (Lipinski definition) is 1. The molecule has 4 heteroatoms. The Bertz CT molecular complexity index is 590. The first-order chi connectivity index (χ1) is 9.34. The molecule has 19 heavy (non-hydrogen) atoms. The number of amidine groups is 1. The number of halogens is 1. The third-order valence-electron chi connectivity index (χ3n) is 3.29. The maximum Gasteiger partial charge on any atom is 0.128 e. The minimum atomic E-state index is -0.135. The Labute approximate surface area is 116 Å². The highest BCUT2D eigenvalue weighted by molar-refractivity contribution is 7.07. The van der Waals surface area contributed by atoms with E-state index in [2.05, 4.69) is 27.1 Å². The third-order valence-corrected chi connectivity index (χ3v) is 4.02. The fourth-order valence-corrected chi connectivity index (χ4v) is 3.02. The van der Waals surface area contributed by atoms with Crippen LogP contribution >= 0.6 is 11.3 Å². The highest BCUT2D eigenvalue weighted by atomic mass is 32.1. The van der Waals surface area contributed by atoms with Crippen LogP contribution in [0.15, 0.2) is 40.0 Å². The van der Waals surface area contributed by atoms with Crippen LogP contribution in [0.25, 0.3) is 0 Å². The van der Waals surface area contributed by atoms with E-state index in [1.54, 1.807) is 17.4 Å². The Morgan fingerprint density at radius 2 is 2.21 bits per heavy atom. The molecule has 1 aliphatic heterocycles. The van der Waals surface area contributed by atoms with E-state index in [0.29, 0.717) is 6.42 Å². The monoisotopic (exact) mass is 274 g/mol. The summed E-state index contributed by atoms with van der Waals surface area (Å²) in [5.41, 5.74) is 2.94. The van der Waals surface area contributed by atoms with Gasteiger partial charge in [-0.25, -0.2) is 4.39 Å². The molecule has 0 saturated heterocycles. The van der Waals surface area contributed by atoms with Crippen LogP contribution in [0.4, 0.5) is 4.39 Å². The predicted molar refractivity (Wildman–Crippen MR) is 77.5 cm³/mol. The predicted octanol–water partition coefficient (Wildman–Crippen LogP) is 3.02. The lowest BCUT2D eigenvalue weighted by atomic mass is 9.99. The van der Waals surface area contributed by atoms with Crippen LogP contribution in [-0.4, -0.2) is 18.9 Å².